The molecule has 14 aromatic rings. The molecule has 610 valence electrons. The van der Waals surface area contributed by atoms with E-state index < -0.39 is 10.8 Å². The van der Waals surface area contributed by atoms with Gasteiger partial charge in [-0.15, -0.1) is 0 Å². The molecular weight excluding hydrogens is 1450 g/mol. The largest absolute Gasteiger partial charge is 0.310 e. The van der Waals surface area contributed by atoms with Gasteiger partial charge in [-0.1, -0.05) is 338 Å². The van der Waals surface area contributed by atoms with Gasteiger partial charge in [-0.3, -0.25) is 0 Å². The summed E-state index contributed by atoms with van der Waals surface area (Å²) in [6.07, 6.45) is 0. The highest BCUT2D eigenvalue weighted by atomic mass is 15.2. The van der Waals surface area contributed by atoms with Crippen molar-refractivity contribution >= 4 is 89.8 Å². The Labute approximate surface area is 719 Å². The van der Waals surface area contributed by atoms with Crippen molar-refractivity contribution in [3.8, 4) is 22.3 Å². The molecule has 14 aromatic carbocycles. The van der Waals surface area contributed by atoms with Crippen LogP contribution in [0.25, 0.3) is 43.8 Å². The summed E-state index contributed by atoms with van der Waals surface area (Å²) >= 11 is 0. The van der Waals surface area contributed by atoms with Crippen LogP contribution in [0.1, 0.15) is 247 Å². The number of hydrogen-bond donors (Lipinski definition) is 0. The van der Waals surface area contributed by atoms with E-state index in [1.54, 1.807) is 0 Å². The second kappa shape index (κ2) is 29.3. The quantitative estimate of drug-likeness (QED) is 0.114. The van der Waals surface area contributed by atoms with Crippen molar-refractivity contribution in [1.29, 1.82) is 0 Å². The van der Waals surface area contributed by atoms with Crippen molar-refractivity contribution in [2.45, 2.75) is 234 Å². The number of hydrogen-bond acceptors (Lipinski definition) is 4. The molecule has 0 fully saturated rings. The first-order valence-corrected chi connectivity index (χ1v) is 43.8. The number of benzene rings is 14. The van der Waals surface area contributed by atoms with Crippen LogP contribution in [-0.2, 0) is 54.1 Å². The number of rotatable bonds is 13. The Balaban J connectivity index is 1.07. The van der Waals surface area contributed by atoms with Gasteiger partial charge in [0.15, 0.2) is 0 Å². The summed E-state index contributed by atoms with van der Waals surface area (Å²) in [5.74, 6) is 0. The third kappa shape index (κ3) is 14.6. The van der Waals surface area contributed by atoms with Crippen LogP contribution in [0.5, 0.6) is 0 Å². The second-order valence-electron chi connectivity index (χ2n) is 43.2. The van der Waals surface area contributed by atoms with E-state index in [9.17, 15) is 0 Å². The SMILES string of the molecule is CC(C)(C)c1ccc(N(c2ccc(C(C)(C)C)cc2)c2ccc3c(c2)C(C)(C2(C)c4cc(N(c5ccc(C(C)(C)C)cc5)c5ccc(C(C)(C)C)cc5)ccc4-c4c2cc(N(c2ccc(C(C)(C)C)cc2)c2ccc(C(C)(C)C)cc2)c2ccccc42)c2cc(N(c4ccc(C(C)(C)C)cc4)c4ccc(C(C)(C)C)cc4)c4ccccc4c2-3)cc1. The van der Waals surface area contributed by atoms with Crippen LogP contribution < -0.4 is 19.6 Å². The maximum Gasteiger partial charge on any atom is 0.0543 e. The molecule has 0 saturated carbocycles. The van der Waals surface area contributed by atoms with E-state index in [0.29, 0.717) is 0 Å². The van der Waals surface area contributed by atoms with Crippen LogP contribution in [0.4, 0.5) is 68.2 Å². The van der Waals surface area contributed by atoms with E-state index in [1.165, 1.54) is 111 Å². The van der Waals surface area contributed by atoms with Crippen LogP contribution in [0, 0.1) is 0 Å². The van der Waals surface area contributed by atoms with Crippen molar-refractivity contribution in [3.05, 3.63) is 358 Å². The molecule has 0 amide bonds. The van der Waals surface area contributed by atoms with Gasteiger partial charge < -0.3 is 19.6 Å². The summed E-state index contributed by atoms with van der Waals surface area (Å²) < 4.78 is 0. The Kier molecular flexibility index (Phi) is 20.2. The zero-order valence-corrected chi connectivity index (χ0v) is 76.5. The van der Waals surface area contributed by atoms with Crippen LogP contribution in [0.3, 0.4) is 0 Å². The lowest BCUT2D eigenvalue weighted by Gasteiger charge is -2.46. The summed E-state index contributed by atoms with van der Waals surface area (Å²) in [7, 11) is 0. The van der Waals surface area contributed by atoms with Gasteiger partial charge in [0.1, 0.15) is 0 Å². The lowest BCUT2D eigenvalue weighted by Crippen LogP contribution is -2.44. The van der Waals surface area contributed by atoms with Gasteiger partial charge >= 0.3 is 0 Å². The first-order valence-electron chi connectivity index (χ1n) is 43.8. The van der Waals surface area contributed by atoms with E-state index in [0.717, 1.165) is 68.2 Å². The zero-order chi connectivity index (χ0) is 85.7. The van der Waals surface area contributed by atoms with Gasteiger partial charge in [0.05, 0.1) is 11.4 Å². The summed E-state index contributed by atoms with van der Waals surface area (Å²) in [6.45, 7) is 60.9. The molecular formula is C116H126N4. The minimum atomic E-state index is -0.901. The lowest BCUT2D eigenvalue weighted by molar-refractivity contribution is 0.376. The van der Waals surface area contributed by atoms with Crippen LogP contribution in [0.2, 0.25) is 0 Å². The van der Waals surface area contributed by atoms with Gasteiger partial charge in [0, 0.05) is 78.5 Å². The molecule has 16 rings (SSSR count). The van der Waals surface area contributed by atoms with Crippen LogP contribution in [-0.4, -0.2) is 0 Å². The van der Waals surface area contributed by atoms with Crippen LogP contribution >= 0.6 is 0 Å². The standard InChI is InChI=1S/C116H126N4/c1-107(2,3)75-35-51-83(52-36-75)117(84-53-37-76(38-54-84)108(4,5)6)91-67-69-97-99(71-91)115(25,101-73-103(93-31-27-29-33-95(93)105(97)101)119(87-59-43-79(44-60-87)111(13,14)15)88-61-45-80(46-62-88)112(16,17)18)116(26)100-72-92(118(85-55-39-77(40-56-85)109(7,8)9)86-57-41-78(42-58-86)110(10,11)12)68-70-98(100)106-96-34-30-28-32-94(96)104(74-102(106)116)120(89-63-47-81(48-64-89)113(19,20)21)90-65-49-82(50-66-90)114(22,23)24/h27-74H,1-26H3. The van der Waals surface area contributed by atoms with E-state index >= 15 is 0 Å². The van der Waals surface area contributed by atoms with E-state index in [-0.39, 0.29) is 43.3 Å². The summed E-state index contributed by atoms with van der Waals surface area (Å²) in [6, 6.07) is 115. The van der Waals surface area contributed by atoms with Crippen molar-refractivity contribution in [3.63, 3.8) is 0 Å². The van der Waals surface area contributed by atoms with Gasteiger partial charge in [-0.25, -0.2) is 0 Å². The Bertz CT molecular complexity index is 5570. The van der Waals surface area contributed by atoms with Crippen molar-refractivity contribution in [2.75, 3.05) is 19.6 Å². The van der Waals surface area contributed by atoms with Crippen molar-refractivity contribution in [1.82, 2.24) is 0 Å². The molecule has 2 aliphatic carbocycles. The molecule has 0 heterocycles. The fourth-order valence-corrected chi connectivity index (χ4v) is 19.1. The molecule has 0 saturated heterocycles. The topological polar surface area (TPSA) is 13.0 Å². The highest BCUT2D eigenvalue weighted by Crippen LogP contribution is 2.69. The first-order chi connectivity index (χ1) is 56.3. The lowest BCUT2D eigenvalue weighted by atomic mass is 9.56. The summed E-state index contributed by atoms with van der Waals surface area (Å²) in [5.41, 5.74) is 31.3. The van der Waals surface area contributed by atoms with Crippen LogP contribution in [0.15, 0.2) is 291 Å². The molecule has 0 aliphatic heterocycles. The average molecular weight is 1580 g/mol. The van der Waals surface area contributed by atoms with Gasteiger partial charge in [-0.05, 0) is 277 Å². The van der Waals surface area contributed by atoms with Gasteiger partial charge in [0.25, 0.3) is 0 Å². The molecule has 0 spiro atoms. The normalized spacial score (nSPS) is 15.7. The number of anilines is 12. The Morgan fingerprint density at radius 1 is 0.175 bits per heavy atom. The van der Waals surface area contributed by atoms with E-state index in [1.807, 2.05) is 0 Å². The third-order valence-corrected chi connectivity index (χ3v) is 26.7. The number of fused-ring (bicyclic) bond motifs is 10. The molecule has 0 aromatic heterocycles. The van der Waals surface area contributed by atoms with E-state index in [4.69, 9.17) is 0 Å². The maximum atomic E-state index is 2.66. The fraction of sp³-hybridized carbons (Fsp3) is 0.310. The average Bonchev–Trinajstić information content (AvgIpc) is 1.49. The predicted molar refractivity (Wildman–Crippen MR) is 520 cm³/mol. The molecule has 0 radical (unpaired) electrons. The smallest absolute Gasteiger partial charge is 0.0543 e. The highest BCUT2D eigenvalue weighted by molar-refractivity contribution is 6.14. The summed E-state index contributed by atoms with van der Waals surface area (Å²) in [5, 5.41) is 4.78. The summed E-state index contributed by atoms with van der Waals surface area (Å²) in [4.78, 5) is 10.2. The third-order valence-electron chi connectivity index (χ3n) is 26.7. The van der Waals surface area contributed by atoms with Gasteiger partial charge in [-0.2, -0.15) is 0 Å². The molecule has 2 aliphatic rings. The molecule has 0 bridgehead atoms. The molecule has 2 atom stereocenters. The predicted octanol–water partition coefficient (Wildman–Crippen LogP) is 33.5. The van der Waals surface area contributed by atoms with Crippen molar-refractivity contribution < 1.29 is 0 Å². The Hall–Kier alpha value is -11.2. The Morgan fingerprint density at radius 2 is 0.350 bits per heavy atom. The molecule has 120 heavy (non-hydrogen) atoms. The fourth-order valence-electron chi connectivity index (χ4n) is 19.1. The molecule has 4 nitrogen and oxygen atoms in total. The molecule has 0 N–H and O–H groups in total. The minimum Gasteiger partial charge on any atom is -0.310 e. The first kappa shape index (κ1) is 82.5. The number of nitrogens with zero attached hydrogens (tertiary/aromatic N) is 4. The Morgan fingerprint density at radius 3 is 0.542 bits per heavy atom. The van der Waals surface area contributed by atoms with Crippen molar-refractivity contribution in [2.24, 2.45) is 0 Å². The minimum absolute atomic E-state index is 0.0498. The molecule has 2 unspecified atom stereocenters. The monoisotopic (exact) mass is 1570 g/mol. The zero-order valence-electron chi connectivity index (χ0n) is 76.5. The maximum absolute atomic E-state index is 2.66. The van der Waals surface area contributed by atoms with Gasteiger partial charge in [0.2, 0.25) is 0 Å². The van der Waals surface area contributed by atoms with E-state index in [2.05, 4.69) is 491 Å². The molecule has 4 heteroatoms. The highest BCUT2D eigenvalue weighted by Gasteiger charge is 2.59. The second-order valence-corrected chi connectivity index (χ2v) is 43.2.